The van der Waals surface area contributed by atoms with Crippen molar-refractivity contribution in [2.45, 2.75) is 29.3 Å². The monoisotopic (exact) mass is 363 g/mol. The Morgan fingerprint density at radius 2 is 1.71 bits per heavy atom. The summed E-state index contributed by atoms with van der Waals surface area (Å²) >= 11 is 1.62. The maximum absolute atomic E-state index is 2.50. The molecule has 1 unspecified atom stereocenters. The summed E-state index contributed by atoms with van der Waals surface area (Å²) in [4.78, 5) is 0. The molecule has 93 valence electrons. The minimum absolute atomic E-state index is 0. The normalized spacial score (nSPS) is 17.5. The largest absolute Gasteiger partial charge is 0.147 e. The zero-order chi connectivity index (χ0) is 11.1. The summed E-state index contributed by atoms with van der Waals surface area (Å²) in [5.41, 5.74) is 4.71. The topological polar surface area (TPSA) is 0 Å². The van der Waals surface area contributed by atoms with Crippen molar-refractivity contribution >= 4 is 38.5 Å². The van der Waals surface area contributed by atoms with Crippen LogP contribution in [0.2, 0.25) is 25.7 Å². The molecule has 0 aromatic heterocycles. The molecule has 0 spiro atoms. The molecule has 0 fully saturated rings. The van der Waals surface area contributed by atoms with Gasteiger partial charge in [0.15, 0.2) is 0 Å². The molecular formula is C13H19Cl2SiZr. The van der Waals surface area contributed by atoms with E-state index in [0.29, 0.717) is 3.63 Å². The Balaban J connectivity index is 0.00000128. The van der Waals surface area contributed by atoms with E-state index in [1.54, 1.807) is 35.9 Å². The fourth-order valence-corrected chi connectivity index (χ4v) is 4.73. The summed E-state index contributed by atoms with van der Waals surface area (Å²) in [5.74, 6) is 0. The van der Waals surface area contributed by atoms with E-state index in [4.69, 9.17) is 0 Å². The van der Waals surface area contributed by atoms with E-state index >= 15 is 0 Å². The van der Waals surface area contributed by atoms with Crippen LogP contribution in [-0.2, 0) is 24.7 Å². The second-order valence-electron chi connectivity index (χ2n) is 5.49. The molecule has 0 aliphatic heterocycles. The molecular weight excluding hydrogens is 346 g/mol. The number of halogens is 2. The van der Waals surface area contributed by atoms with E-state index in [1.165, 1.54) is 11.6 Å². The average molecular weight is 366 g/mol. The van der Waals surface area contributed by atoms with E-state index in [0.717, 1.165) is 0 Å². The van der Waals surface area contributed by atoms with Gasteiger partial charge >= 0.3 is 109 Å². The smallest absolute Gasteiger partial charge is 0.147 e. The summed E-state index contributed by atoms with van der Waals surface area (Å²) in [6, 6.07) is 10.3. The third-order valence-electron chi connectivity index (χ3n) is 2.73. The third-order valence-corrected chi connectivity index (χ3v) is 5.35. The van der Waals surface area contributed by atoms with Gasteiger partial charge < -0.3 is 0 Å². The minimum atomic E-state index is -0.979. The van der Waals surface area contributed by atoms with Crippen molar-refractivity contribution in [3.8, 4) is 0 Å². The van der Waals surface area contributed by atoms with Gasteiger partial charge in [-0.05, 0) is 0 Å². The van der Waals surface area contributed by atoms with Crippen LogP contribution in [0, 0.1) is 0 Å². The fourth-order valence-electron chi connectivity index (χ4n) is 2.17. The quantitative estimate of drug-likeness (QED) is 0.657. The molecule has 1 aromatic carbocycles. The van der Waals surface area contributed by atoms with Gasteiger partial charge in [0, 0.05) is 0 Å². The van der Waals surface area contributed by atoms with E-state index in [-0.39, 0.29) is 24.8 Å². The molecule has 0 heterocycles. The molecule has 0 saturated heterocycles. The first-order chi connectivity index (χ1) is 6.97. The van der Waals surface area contributed by atoms with E-state index < -0.39 is 8.07 Å². The molecule has 0 N–H and O–H groups in total. The Labute approximate surface area is 133 Å². The zero-order valence-corrected chi connectivity index (χ0v) is 15.6. The number of hydrogen-bond donors (Lipinski definition) is 0. The van der Waals surface area contributed by atoms with Gasteiger partial charge in [-0.1, -0.05) is 0 Å². The first kappa shape index (κ1) is 17.6. The fraction of sp³-hybridized carbons (Fsp3) is 0.385. The molecule has 1 aliphatic carbocycles. The van der Waals surface area contributed by atoms with Gasteiger partial charge in [0.2, 0.25) is 0 Å². The molecule has 0 amide bonds. The van der Waals surface area contributed by atoms with Crippen LogP contribution in [0.5, 0.6) is 0 Å². The van der Waals surface area contributed by atoms with Gasteiger partial charge in [0.05, 0.1) is 0 Å². The first-order valence-electron chi connectivity index (χ1n) is 5.48. The van der Waals surface area contributed by atoms with Crippen molar-refractivity contribution in [2.24, 2.45) is 0 Å². The molecule has 0 radical (unpaired) electrons. The van der Waals surface area contributed by atoms with Crippen molar-refractivity contribution in [2.75, 3.05) is 0 Å². The van der Waals surface area contributed by atoms with Crippen LogP contribution in [0.1, 0.15) is 14.8 Å². The summed E-state index contributed by atoms with van der Waals surface area (Å²) in [6.45, 7) is 7.35. The first-order valence-corrected chi connectivity index (χ1v) is 10.6. The molecule has 1 aromatic rings. The van der Waals surface area contributed by atoms with Gasteiger partial charge in [-0.25, -0.2) is 0 Å². The van der Waals surface area contributed by atoms with Gasteiger partial charge in [0.25, 0.3) is 0 Å². The van der Waals surface area contributed by atoms with E-state index in [1.807, 2.05) is 0 Å². The van der Waals surface area contributed by atoms with Crippen LogP contribution in [0.4, 0.5) is 0 Å². The van der Waals surface area contributed by atoms with Crippen LogP contribution in [-0.4, -0.2) is 8.07 Å². The van der Waals surface area contributed by atoms with Crippen LogP contribution in [0.3, 0.4) is 0 Å². The molecule has 4 heteroatoms. The molecule has 2 rings (SSSR count). The number of fused-ring (bicyclic) bond motifs is 1. The number of hydrogen-bond acceptors (Lipinski definition) is 0. The van der Waals surface area contributed by atoms with Crippen LogP contribution < -0.4 is 0 Å². The average Bonchev–Trinajstić information content (AvgIpc) is 2.42. The summed E-state index contributed by atoms with van der Waals surface area (Å²) < 4.78 is 0.708. The van der Waals surface area contributed by atoms with Crippen molar-refractivity contribution in [1.82, 2.24) is 0 Å². The molecule has 0 saturated carbocycles. The molecule has 0 nitrogen and oxygen atoms in total. The van der Waals surface area contributed by atoms with E-state index in [9.17, 15) is 0 Å². The van der Waals surface area contributed by atoms with E-state index in [2.05, 4.69) is 50.0 Å². The van der Waals surface area contributed by atoms with Crippen molar-refractivity contribution in [3.05, 3.63) is 41.5 Å². The predicted octanol–water partition coefficient (Wildman–Crippen LogP) is 4.85. The minimum Gasteiger partial charge on any atom is -0.147 e. The maximum atomic E-state index is 2.50. The Morgan fingerprint density at radius 1 is 1.12 bits per heavy atom. The summed E-state index contributed by atoms with van der Waals surface area (Å²) in [5, 5.41) is 0. The Kier molecular flexibility index (Phi) is 6.96. The second-order valence-corrected chi connectivity index (χ2v) is 12.5. The molecule has 1 atom stereocenters. The summed E-state index contributed by atoms with van der Waals surface area (Å²) in [6.07, 6.45) is 2.50. The van der Waals surface area contributed by atoms with Crippen LogP contribution in [0.25, 0.3) is 5.57 Å². The Bertz CT molecular complexity index is 410. The number of allylic oxidation sites excluding steroid dienone is 2. The molecule has 17 heavy (non-hydrogen) atoms. The zero-order valence-electron chi connectivity index (χ0n) is 10.5. The Morgan fingerprint density at radius 3 is 2.29 bits per heavy atom. The van der Waals surface area contributed by atoms with Gasteiger partial charge in [0.1, 0.15) is 0 Å². The second kappa shape index (κ2) is 6.70. The van der Waals surface area contributed by atoms with Gasteiger partial charge in [-0.2, -0.15) is 0 Å². The SMILES string of the molecule is C[Si](C)(C)CC1=C[CH]([Zr])c2ccccc21.Cl.Cl. The predicted molar refractivity (Wildman–Crippen MR) is 79.8 cm³/mol. The van der Waals surface area contributed by atoms with Crippen molar-refractivity contribution in [1.29, 1.82) is 0 Å². The van der Waals surface area contributed by atoms with Crippen LogP contribution in [0.15, 0.2) is 30.3 Å². The number of benzene rings is 1. The molecule has 1 aliphatic rings. The molecule has 0 bridgehead atoms. The standard InChI is InChI=1S/C13H17Si.2ClH.Zr/c1-14(2,3)10-12-9-8-11-6-4-5-7-13(11)12;;;/h4-9H,10H2,1-3H3;2*1H;. The van der Waals surface area contributed by atoms with Crippen molar-refractivity contribution in [3.63, 3.8) is 0 Å². The maximum Gasteiger partial charge on any atom is -0.147 e. The van der Waals surface area contributed by atoms with Crippen molar-refractivity contribution < 1.29 is 24.7 Å². The van der Waals surface area contributed by atoms with Gasteiger partial charge in [-0.15, -0.1) is 24.8 Å². The summed E-state index contributed by atoms with van der Waals surface area (Å²) in [7, 11) is -0.979. The third kappa shape index (κ3) is 4.35. The Hall–Kier alpha value is 0.640. The van der Waals surface area contributed by atoms with Crippen LogP contribution >= 0.6 is 24.8 Å². The van der Waals surface area contributed by atoms with Gasteiger partial charge in [-0.3, -0.25) is 0 Å². The number of rotatable bonds is 2.